The molecule has 1 aliphatic rings. The topological polar surface area (TPSA) is 59.2 Å². The van der Waals surface area contributed by atoms with Crippen LogP contribution in [0.4, 0.5) is 0 Å². The van der Waals surface area contributed by atoms with E-state index in [-0.39, 0.29) is 5.91 Å². The second kappa shape index (κ2) is 6.29. The Morgan fingerprint density at radius 1 is 1.56 bits per heavy atom. The van der Waals surface area contributed by atoms with Gasteiger partial charge in [0.2, 0.25) is 0 Å². The Morgan fingerprint density at radius 2 is 2.33 bits per heavy atom. The molecule has 1 aliphatic carbocycles. The van der Waals surface area contributed by atoms with Gasteiger partial charge in [-0.15, -0.1) is 11.3 Å². The second-order valence-electron chi connectivity index (χ2n) is 4.81. The summed E-state index contributed by atoms with van der Waals surface area (Å²) in [6, 6.07) is 0.294. The Morgan fingerprint density at radius 3 is 2.94 bits per heavy atom. The molecule has 4 nitrogen and oxygen atoms in total. The van der Waals surface area contributed by atoms with Crippen molar-refractivity contribution in [2.45, 2.75) is 38.6 Å². The number of nitrogens with zero attached hydrogens (tertiary/aromatic N) is 2. The van der Waals surface area contributed by atoms with Crippen LogP contribution < -0.4 is 5.73 Å². The number of hydrogen-bond acceptors (Lipinski definition) is 4. The maximum absolute atomic E-state index is 12.4. The van der Waals surface area contributed by atoms with Crippen LogP contribution in [0.2, 0.25) is 0 Å². The maximum atomic E-state index is 12.4. The van der Waals surface area contributed by atoms with Gasteiger partial charge in [-0.2, -0.15) is 0 Å². The van der Waals surface area contributed by atoms with Crippen LogP contribution in [-0.2, 0) is 0 Å². The first kappa shape index (κ1) is 13.5. The monoisotopic (exact) mass is 267 g/mol. The van der Waals surface area contributed by atoms with Crippen molar-refractivity contribution in [1.82, 2.24) is 9.88 Å². The molecule has 0 aromatic carbocycles. The van der Waals surface area contributed by atoms with E-state index in [0.717, 1.165) is 19.4 Å². The first-order valence-corrected chi connectivity index (χ1v) is 7.61. The van der Waals surface area contributed by atoms with Gasteiger partial charge in [-0.05, 0) is 32.2 Å². The van der Waals surface area contributed by atoms with Crippen LogP contribution in [-0.4, -0.2) is 34.9 Å². The van der Waals surface area contributed by atoms with E-state index in [2.05, 4.69) is 4.98 Å². The Bertz CT molecular complexity index is 380. The predicted octanol–water partition coefficient (Wildman–Crippen LogP) is 2.12. The first-order valence-electron chi connectivity index (χ1n) is 6.67. The van der Waals surface area contributed by atoms with Gasteiger partial charge in [-0.25, -0.2) is 4.98 Å². The summed E-state index contributed by atoms with van der Waals surface area (Å²) in [4.78, 5) is 18.5. The molecular weight excluding hydrogens is 246 g/mol. The second-order valence-corrected chi connectivity index (χ2v) is 5.53. The molecule has 0 radical (unpaired) electrons. The minimum absolute atomic E-state index is 0.0594. The molecule has 1 aromatic heterocycles. The largest absolute Gasteiger partial charge is 0.334 e. The fourth-order valence-corrected chi connectivity index (χ4v) is 3.39. The molecule has 0 spiro atoms. The van der Waals surface area contributed by atoms with E-state index in [1.807, 2.05) is 17.2 Å². The van der Waals surface area contributed by atoms with Crippen molar-refractivity contribution in [1.29, 1.82) is 0 Å². The molecule has 2 N–H and O–H groups in total. The SMILES string of the molecule is CCN(C(=O)c1cscn1)C1CCCCC1CN. The minimum atomic E-state index is 0.0594. The molecule has 1 heterocycles. The summed E-state index contributed by atoms with van der Waals surface area (Å²) in [5.74, 6) is 0.505. The van der Waals surface area contributed by atoms with E-state index >= 15 is 0 Å². The van der Waals surface area contributed by atoms with Gasteiger partial charge < -0.3 is 10.6 Å². The third-order valence-corrected chi connectivity index (χ3v) is 4.41. The number of carbonyl (C=O) groups is 1. The molecule has 1 saturated carbocycles. The average Bonchev–Trinajstić information content (AvgIpc) is 2.94. The van der Waals surface area contributed by atoms with Gasteiger partial charge in [-0.1, -0.05) is 12.8 Å². The summed E-state index contributed by atoms with van der Waals surface area (Å²) in [5.41, 5.74) is 8.14. The Labute approximate surface area is 112 Å². The summed E-state index contributed by atoms with van der Waals surface area (Å²) in [6.07, 6.45) is 4.65. The number of amides is 1. The summed E-state index contributed by atoms with van der Waals surface area (Å²) in [5, 5.41) is 1.82. The van der Waals surface area contributed by atoms with Gasteiger partial charge in [-0.3, -0.25) is 4.79 Å². The molecule has 2 rings (SSSR count). The normalized spacial score (nSPS) is 23.9. The lowest BCUT2D eigenvalue weighted by Gasteiger charge is -2.39. The van der Waals surface area contributed by atoms with E-state index in [1.54, 1.807) is 5.51 Å². The first-order chi connectivity index (χ1) is 8.77. The number of rotatable bonds is 4. The lowest BCUT2D eigenvalue weighted by molar-refractivity contribution is 0.0555. The van der Waals surface area contributed by atoms with Gasteiger partial charge in [0.05, 0.1) is 5.51 Å². The molecule has 0 bridgehead atoms. The summed E-state index contributed by atoms with van der Waals surface area (Å²) in [6.45, 7) is 3.44. The van der Waals surface area contributed by atoms with Crippen molar-refractivity contribution in [3.63, 3.8) is 0 Å². The highest BCUT2D eigenvalue weighted by atomic mass is 32.1. The zero-order valence-electron chi connectivity index (χ0n) is 10.8. The number of hydrogen-bond donors (Lipinski definition) is 1. The molecule has 2 atom stereocenters. The highest BCUT2D eigenvalue weighted by Crippen LogP contribution is 2.28. The van der Waals surface area contributed by atoms with Crippen LogP contribution in [0.25, 0.3) is 0 Å². The third-order valence-electron chi connectivity index (χ3n) is 3.83. The van der Waals surface area contributed by atoms with Crippen LogP contribution in [0.5, 0.6) is 0 Å². The summed E-state index contributed by atoms with van der Waals surface area (Å²) >= 11 is 1.47. The Balaban J connectivity index is 2.14. The smallest absolute Gasteiger partial charge is 0.273 e. The maximum Gasteiger partial charge on any atom is 0.273 e. The summed E-state index contributed by atoms with van der Waals surface area (Å²) < 4.78 is 0. The van der Waals surface area contributed by atoms with E-state index in [9.17, 15) is 4.79 Å². The zero-order valence-corrected chi connectivity index (χ0v) is 11.7. The minimum Gasteiger partial charge on any atom is -0.334 e. The number of aromatic nitrogens is 1. The highest BCUT2D eigenvalue weighted by molar-refractivity contribution is 7.07. The van der Waals surface area contributed by atoms with Crippen molar-refractivity contribution in [2.24, 2.45) is 11.7 Å². The molecule has 1 fully saturated rings. The van der Waals surface area contributed by atoms with Crippen molar-refractivity contribution >= 4 is 17.2 Å². The van der Waals surface area contributed by atoms with E-state index in [4.69, 9.17) is 5.73 Å². The molecular formula is C13H21N3OS. The van der Waals surface area contributed by atoms with E-state index < -0.39 is 0 Å². The van der Waals surface area contributed by atoms with Crippen LogP contribution in [0.15, 0.2) is 10.9 Å². The molecule has 18 heavy (non-hydrogen) atoms. The van der Waals surface area contributed by atoms with Gasteiger partial charge in [0.15, 0.2) is 0 Å². The fraction of sp³-hybridized carbons (Fsp3) is 0.692. The van der Waals surface area contributed by atoms with Gasteiger partial charge in [0.25, 0.3) is 5.91 Å². The lowest BCUT2D eigenvalue weighted by atomic mass is 9.83. The quantitative estimate of drug-likeness (QED) is 0.909. The van der Waals surface area contributed by atoms with Crippen LogP contribution >= 0.6 is 11.3 Å². The van der Waals surface area contributed by atoms with Gasteiger partial charge in [0, 0.05) is 18.0 Å². The Hall–Kier alpha value is -0.940. The van der Waals surface area contributed by atoms with Crippen molar-refractivity contribution in [3.8, 4) is 0 Å². The standard InChI is InChI=1S/C13H21N3OS/c1-2-16(13(17)11-8-18-9-15-11)12-6-4-3-5-10(12)7-14/h8-10,12H,2-7,14H2,1H3. The number of carbonyl (C=O) groups excluding carboxylic acids is 1. The highest BCUT2D eigenvalue weighted by Gasteiger charge is 2.32. The summed E-state index contributed by atoms with van der Waals surface area (Å²) in [7, 11) is 0. The third kappa shape index (κ3) is 2.72. The van der Waals surface area contributed by atoms with Gasteiger partial charge >= 0.3 is 0 Å². The molecule has 0 aliphatic heterocycles. The number of nitrogens with two attached hydrogens (primary N) is 1. The molecule has 1 amide bonds. The molecule has 5 heteroatoms. The molecule has 100 valence electrons. The Kier molecular flexibility index (Phi) is 4.72. The number of thiazole rings is 1. The van der Waals surface area contributed by atoms with E-state index in [1.165, 1.54) is 24.2 Å². The molecule has 1 aromatic rings. The lowest BCUT2D eigenvalue weighted by Crippen LogP contribution is -2.48. The van der Waals surface area contributed by atoms with Gasteiger partial charge in [0.1, 0.15) is 5.69 Å². The van der Waals surface area contributed by atoms with Crippen LogP contribution in [0.1, 0.15) is 43.1 Å². The van der Waals surface area contributed by atoms with Crippen LogP contribution in [0, 0.1) is 5.92 Å². The average molecular weight is 267 g/mol. The van der Waals surface area contributed by atoms with Crippen molar-refractivity contribution in [2.75, 3.05) is 13.1 Å². The van der Waals surface area contributed by atoms with Crippen molar-refractivity contribution < 1.29 is 4.79 Å². The van der Waals surface area contributed by atoms with E-state index in [0.29, 0.717) is 24.2 Å². The van der Waals surface area contributed by atoms with Crippen LogP contribution in [0.3, 0.4) is 0 Å². The predicted molar refractivity (Wildman–Crippen MR) is 73.6 cm³/mol. The molecule has 2 unspecified atom stereocenters. The fourth-order valence-electron chi connectivity index (χ4n) is 2.87. The van der Waals surface area contributed by atoms with Crippen molar-refractivity contribution in [3.05, 3.63) is 16.6 Å². The molecule has 0 saturated heterocycles. The zero-order chi connectivity index (χ0) is 13.0.